The molecule has 3 rings (SSSR count). The summed E-state index contributed by atoms with van der Waals surface area (Å²) in [4.78, 5) is 0. The Morgan fingerprint density at radius 3 is 3.00 bits per heavy atom. The van der Waals surface area contributed by atoms with E-state index in [0.717, 1.165) is 31.9 Å². The molecular formula is C18H24N2O. The minimum absolute atomic E-state index is 0.524. The summed E-state index contributed by atoms with van der Waals surface area (Å²) in [6.07, 6.45) is 5.54. The van der Waals surface area contributed by atoms with Gasteiger partial charge in [-0.05, 0) is 29.7 Å². The normalized spacial score (nSPS) is 17.6. The lowest BCUT2D eigenvalue weighted by atomic mass is 9.93. The van der Waals surface area contributed by atoms with Gasteiger partial charge >= 0.3 is 0 Å². The molecule has 2 heterocycles. The Morgan fingerprint density at radius 2 is 2.14 bits per heavy atom. The Hall–Kier alpha value is -1.74. The first-order valence-corrected chi connectivity index (χ1v) is 7.82. The van der Waals surface area contributed by atoms with Crippen LogP contribution in [0, 0.1) is 0 Å². The molecule has 0 fully saturated rings. The van der Waals surface area contributed by atoms with Gasteiger partial charge in [-0.3, -0.25) is 0 Å². The first-order chi connectivity index (χ1) is 10.2. The first-order valence-electron chi connectivity index (χ1n) is 7.82. The maximum Gasteiger partial charge on any atom is 0.122 e. The van der Waals surface area contributed by atoms with Crippen LogP contribution in [0.1, 0.15) is 37.3 Å². The van der Waals surface area contributed by atoms with Gasteiger partial charge in [0.2, 0.25) is 0 Å². The lowest BCUT2D eigenvalue weighted by Gasteiger charge is -2.26. The second-order valence-corrected chi connectivity index (χ2v) is 6.12. The minimum atomic E-state index is 0.524. The van der Waals surface area contributed by atoms with Crippen molar-refractivity contribution in [2.45, 2.75) is 45.3 Å². The van der Waals surface area contributed by atoms with Crippen LogP contribution in [0.15, 0.2) is 42.7 Å². The standard InChI is InChI=1S/C18H24N2O/c1-14(2)19-11-15-7-9-20(12-15)13-16-8-10-21-18-6-4-3-5-17(16)18/h3-7,9,12,14,16,19H,8,10-11,13H2,1-2H3. The van der Waals surface area contributed by atoms with Gasteiger partial charge in [-0.15, -0.1) is 0 Å². The molecule has 0 saturated heterocycles. The Labute approximate surface area is 126 Å². The molecule has 0 saturated carbocycles. The molecule has 1 aliphatic rings. The molecule has 0 amide bonds. The van der Waals surface area contributed by atoms with Crippen molar-refractivity contribution in [1.82, 2.24) is 9.88 Å². The third-order valence-electron chi connectivity index (χ3n) is 4.04. The second kappa shape index (κ2) is 6.35. The number of rotatable bonds is 5. The monoisotopic (exact) mass is 284 g/mol. The molecule has 1 atom stereocenters. The van der Waals surface area contributed by atoms with E-state index in [9.17, 15) is 0 Å². The first kappa shape index (κ1) is 14.2. The fourth-order valence-electron chi connectivity index (χ4n) is 2.89. The van der Waals surface area contributed by atoms with E-state index in [2.05, 4.69) is 60.4 Å². The van der Waals surface area contributed by atoms with Crippen molar-refractivity contribution in [2.24, 2.45) is 0 Å². The van der Waals surface area contributed by atoms with Gasteiger partial charge in [0.05, 0.1) is 6.61 Å². The molecule has 0 aliphatic carbocycles. The van der Waals surface area contributed by atoms with Gasteiger partial charge in [0.25, 0.3) is 0 Å². The molecule has 0 radical (unpaired) electrons. The highest BCUT2D eigenvalue weighted by Gasteiger charge is 2.21. The number of fused-ring (bicyclic) bond motifs is 1. The molecule has 21 heavy (non-hydrogen) atoms. The van der Waals surface area contributed by atoms with Gasteiger partial charge in [-0.25, -0.2) is 0 Å². The Morgan fingerprint density at radius 1 is 1.29 bits per heavy atom. The van der Waals surface area contributed by atoms with E-state index in [1.54, 1.807) is 0 Å². The molecular weight excluding hydrogens is 260 g/mol. The summed E-state index contributed by atoms with van der Waals surface area (Å²) in [7, 11) is 0. The number of benzene rings is 1. The van der Waals surface area contributed by atoms with Gasteiger partial charge in [0.1, 0.15) is 5.75 Å². The van der Waals surface area contributed by atoms with Crippen LogP contribution in [-0.2, 0) is 13.1 Å². The molecule has 2 aromatic rings. The summed E-state index contributed by atoms with van der Waals surface area (Å²) >= 11 is 0. The Kier molecular flexibility index (Phi) is 4.30. The number of hydrogen-bond donors (Lipinski definition) is 1. The zero-order valence-electron chi connectivity index (χ0n) is 12.9. The van der Waals surface area contributed by atoms with Crippen LogP contribution in [0.25, 0.3) is 0 Å². The highest BCUT2D eigenvalue weighted by molar-refractivity contribution is 5.37. The molecule has 0 bridgehead atoms. The van der Waals surface area contributed by atoms with Crippen molar-refractivity contribution in [3.8, 4) is 5.75 Å². The van der Waals surface area contributed by atoms with E-state index in [1.165, 1.54) is 11.1 Å². The number of aromatic nitrogens is 1. The lowest BCUT2D eigenvalue weighted by Crippen LogP contribution is -2.21. The fraction of sp³-hybridized carbons (Fsp3) is 0.444. The van der Waals surface area contributed by atoms with Crippen LogP contribution in [0.5, 0.6) is 5.75 Å². The van der Waals surface area contributed by atoms with E-state index < -0.39 is 0 Å². The smallest absolute Gasteiger partial charge is 0.122 e. The summed E-state index contributed by atoms with van der Waals surface area (Å²) in [6, 6.07) is 11.2. The zero-order chi connectivity index (χ0) is 14.7. The largest absolute Gasteiger partial charge is 0.493 e. The molecule has 1 unspecified atom stereocenters. The lowest BCUT2D eigenvalue weighted by molar-refractivity contribution is 0.259. The molecule has 3 heteroatoms. The van der Waals surface area contributed by atoms with Gasteiger partial charge in [-0.1, -0.05) is 32.0 Å². The number of nitrogens with zero attached hydrogens (tertiary/aromatic N) is 1. The van der Waals surface area contributed by atoms with E-state index in [1.807, 2.05) is 6.07 Å². The van der Waals surface area contributed by atoms with Crippen LogP contribution in [-0.4, -0.2) is 17.2 Å². The predicted octanol–water partition coefficient (Wildman–Crippen LogP) is 3.55. The molecule has 1 aliphatic heterocycles. The zero-order valence-corrected chi connectivity index (χ0v) is 12.9. The Bertz CT molecular complexity index is 588. The van der Waals surface area contributed by atoms with Crippen molar-refractivity contribution in [2.75, 3.05) is 6.61 Å². The SMILES string of the molecule is CC(C)NCc1ccn(CC2CCOc3ccccc32)c1. The summed E-state index contributed by atoms with van der Waals surface area (Å²) in [6.45, 7) is 7.15. The number of para-hydroxylation sites is 1. The van der Waals surface area contributed by atoms with Crippen molar-refractivity contribution < 1.29 is 4.74 Å². The molecule has 3 nitrogen and oxygen atoms in total. The second-order valence-electron chi connectivity index (χ2n) is 6.12. The predicted molar refractivity (Wildman–Crippen MR) is 85.7 cm³/mol. The highest BCUT2D eigenvalue weighted by atomic mass is 16.5. The Balaban J connectivity index is 1.67. The van der Waals surface area contributed by atoms with Crippen LogP contribution in [0.4, 0.5) is 0 Å². The van der Waals surface area contributed by atoms with E-state index in [0.29, 0.717) is 12.0 Å². The van der Waals surface area contributed by atoms with Gasteiger partial charge in [-0.2, -0.15) is 0 Å². The van der Waals surface area contributed by atoms with E-state index >= 15 is 0 Å². The average Bonchev–Trinajstić information content (AvgIpc) is 2.93. The fourth-order valence-corrected chi connectivity index (χ4v) is 2.89. The van der Waals surface area contributed by atoms with Crippen molar-refractivity contribution in [3.05, 3.63) is 53.9 Å². The van der Waals surface area contributed by atoms with Crippen LogP contribution < -0.4 is 10.1 Å². The highest BCUT2D eigenvalue weighted by Crippen LogP contribution is 2.34. The molecule has 1 aromatic carbocycles. The molecule has 112 valence electrons. The topological polar surface area (TPSA) is 26.2 Å². The van der Waals surface area contributed by atoms with E-state index in [4.69, 9.17) is 4.74 Å². The quantitative estimate of drug-likeness (QED) is 0.908. The summed E-state index contributed by atoms with van der Waals surface area (Å²) in [5.74, 6) is 1.61. The van der Waals surface area contributed by atoms with Crippen molar-refractivity contribution >= 4 is 0 Å². The maximum atomic E-state index is 5.74. The number of hydrogen-bond acceptors (Lipinski definition) is 2. The average molecular weight is 284 g/mol. The molecule has 0 spiro atoms. The summed E-state index contributed by atoms with van der Waals surface area (Å²) in [5.41, 5.74) is 2.70. The third kappa shape index (κ3) is 3.48. The number of ether oxygens (including phenoxy) is 1. The van der Waals surface area contributed by atoms with Crippen LogP contribution >= 0.6 is 0 Å². The molecule has 1 aromatic heterocycles. The number of nitrogens with one attached hydrogen (secondary N) is 1. The summed E-state index contributed by atoms with van der Waals surface area (Å²) in [5, 5.41) is 3.46. The minimum Gasteiger partial charge on any atom is -0.493 e. The van der Waals surface area contributed by atoms with Gasteiger partial charge in [0.15, 0.2) is 0 Å². The molecule has 1 N–H and O–H groups in total. The van der Waals surface area contributed by atoms with Crippen LogP contribution in [0.2, 0.25) is 0 Å². The van der Waals surface area contributed by atoms with Gasteiger partial charge < -0.3 is 14.6 Å². The summed E-state index contributed by atoms with van der Waals surface area (Å²) < 4.78 is 8.05. The van der Waals surface area contributed by atoms with Crippen molar-refractivity contribution in [3.63, 3.8) is 0 Å². The van der Waals surface area contributed by atoms with Crippen molar-refractivity contribution in [1.29, 1.82) is 0 Å². The van der Waals surface area contributed by atoms with Crippen LogP contribution in [0.3, 0.4) is 0 Å². The third-order valence-corrected chi connectivity index (χ3v) is 4.04. The van der Waals surface area contributed by atoms with Gasteiger partial charge in [0, 0.05) is 37.4 Å². The maximum absolute atomic E-state index is 5.74. The van der Waals surface area contributed by atoms with E-state index in [-0.39, 0.29) is 0 Å².